The van der Waals surface area contributed by atoms with E-state index >= 15 is 0 Å². The third-order valence-corrected chi connectivity index (χ3v) is 3.52. The third kappa shape index (κ3) is 3.35. The molecule has 0 aliphatic carbocycles. The van der Waals surface area contributed by atoms with Crippen LogP contribution in [0.1, 0.15) is 40.2 Å². The van der Waals surface area contributed by atoms with Crippen molar-refractivity contribution in [2.75, 3.05) is 7.11 Å². The lowest BCUT2D eigenvalue weighted by molar-refractivity contribution is -0.133. The number of ether oxygens (including phenoxy) is 3. The average Bonchev–Trinajstić information content (AvgIpc) is 2.47. The van der Waals surface area contributed by atoms with Gasteiger partial charge in [-0.05, 0) is 5.41 Å². The first-order valence-electron chi connectivity index (χ1n) is 7.66. The zero-order valence-electron chi connectivity index (χ0n) is 14.9. The molecule has 0 saturated carbocycles. The molecule has 0 bridgehead atoms. The van der Waals surface area contributed by atoms with Crippen molar-refractivity contribution in [2.24, 2.45) is 0 Å². The SMILES string of the molecule is COc1c(C(C)(C)C)c(OC(C)=O)c2ccccc2c1OC(C)=O. The zero-order chi connectivity index (χ0) is 18.1. The molecule has 0 spiro atoms. The van der Waals surface area contributed by atoms with Gasteiger partial charge in [0.05, 0.1) is 7.11 Å². The predicted octanol–water partition coefficient (Wildman–Crippen LogP) is 4.00. The van der Waals surface area contributed by atoms with Crippen LogP contribution >= 0.6 is 0 Å². The second-order valence-corrected chi connectivity index (χ2v) is 6.55. The summed E-state index contributed by atoms with van der Waals surface area (Å²) in [7, 11) is 1.50. The van der Waals surface area contributed by atoms with Crippen LogP contribution in [-0.2, 0) is 15.0 Å². The molecule has 0 saturated heterocycles. The Morgan fingerprint density at radius 3 is 1.71 bits per heavy atom. The minimum Gasteiger partial charge on any atom is -0.492 e. The number of hydrogen-bond donors (Lipinski definition) is 0. The predicted molar refractivity (Wildman–Crippen MR) is 91.8 cm³/mol. The van der Waals surface area contributed by atoms with E-state index in [-0.39, 0.29) is 0 Å². The summed E-state index contributed by atoms with van der Waals surface area (Å²) < 4.78 is 16.5. The average molecular weight is 330 g/mol. The summed E-state index contributed by atoms with van der Waals surface area (Å²) in [6, 6.07) is 7.29. The van der Waals surface area contributed by atoms with E-state index in [9.17, 15) is 9.59 Å². The molecule has 2 aromatic carbocycles. The van der Waals surface area contributed by atoms with Gasteiger partial charge < -0.3 is 14.2 Å². The number of hydrogen-bond acceptors (Lipinski definition) is 5. The second kappa shape index (κ2) is 6.51. The van der Waals surface area contributed by atoms with Crippen molar-refractivity contribution in [3.05, 3.63) is 29.8 Å². The van der Waals surface area contributed by atoms with E-state index in [4.69, 9.17) is 14.2 Å². The van der Waals surface area contributed by atoms with E-state index in [1.54, 1.807) is 6.07 Å². The van der Waals surface area contributed by atoms with Gasteiger partial charge in [-0.1, -0.05) is 45.0 Å². The smallest absolute Gasteiger partial charge is 0.308 e. The number of esters is 2. The van der Waals surface area contributed by atoms with Gasteiger partial charge in [0, 0.05) is 30.2 Å². The number of carbonyl (C=O) groups excluding carboxylic acids is 2. The summed E-state index contributed by atoms with van der Waals surface area (Å²) in [5.41, 5.74) is 0.268. The van der Waals surface area contributed by atoms with E-state index in [2.05, 4.69) is 0 Å². The van der Waals surface area contributed by atoms with Crippen molar-refractivity contribution in [1.29, 1.82) is 0 Å². The number of fused-ring (bicyclic) bond motifs is 1. The number of methoxy groups -OCH3 is 1. The van der Waals surface area contributed by atoms with Crippen LogP contribution in [-0.4, -0.2) is 19.0 Å². The number of benzene rings is 2. The lowest BCUT2D eigenvalue weighted by Gasteiger charge is -2.27. The molecule has 0 unspecified atom stereocenters. The van der Waals surface area contributed by atoms with Gasteiger partial charge in [-0.15, -0.1) is 0 Å². The summed E-state index contributed by atoms with van der Waals surface area (Å²) in [5.74, 6) is 0.291. The molecule has 0 aliphatic heterocycles. The van der Waals surface area contributed by atoms with Crippen LogP contribution in [0.25, 0.3) is 10.8 Å². The Balaban J connectivity index is 3.01. The summed E-state index contributed by atoms with van der Waals surface area (Å²) in [5, 5.41) is 1.34. The molecule has 2 rings (SSSR count). The molecule has 0 atom stereocenters. The van der Waals surface area contributed by atoms with Gasteiger partial charge in [0.15, 0.2) is 11.5 Å². The molecule has 128 valence electrons. The van der Waals surface area contributed by atoms with Gasteiger partial charge in [-0.25, -0.2) is 0 Å². The van der Waals surface area contributed by atoms with Crippen molar-refractivity contribution in [3.63, 3.8) is 0 Å². The van der Waals surface area contributed by atoms with Crippen LogP contribution in [0.4, 0.5) is 0 Å². The van der Waals surface area contributed by atoms with Gasteiger partial charge in [0.25, 0.3) is 0 Å². The molecule has 0 N–H and O–H groups in total. The fraction of sp³-hybridized carbons (Fsp3) is 0.368. The molecule has 5 nitrogen and oxygen atoms in total. The fourth-order valence-electron chi connectivity index (χ4n) is 2.72. The van der Waals surface area contributed by atoms with E-state index in [1.165, 1.54) is 21.0 Å². The Kier molecular flexibility index (Phi) is 4.83. The Bertz CT molecular complexity index is 799. The first kappa shape index (κ1) is 17.8. The number of rotatable bonds is 3. The largest absolute Gasteiger partial charge is 0.492 e. The van der Waals surface area contributed by atoms with E-state index in [1.807, 2.05) is 39.0 Å². The molecule has 0 aromatic heterocycles. The van der Waals surface area contributed by atoms with Crippen molar-refractivity contribution in [2.45, 2.75) is 40.0 Å². The van der Waals surface area contributed by atoms with Crippen molar-refractivity contribution in [1.82, 2.24) is 0 Å². The summed E-state index contributed by atoms with van der Waals surface area (Å²) >= 11 is 0. The Labute approximate surface area is 141 Å². The first-order chi connectivity index (χ1) is 11.2. The summed E-state index contributed by atoms with van der Waals surface area (Å²) in [6.45, 7) is 8.62. The highest BCUT2D eigenvalue weighted by molar-refractivity contribution is 6.00. The molecular weight excluding hydrogens is 308 g/mol. The highest BCUT2D eigenvalue weighted by Gasteiger charge is 2.31. The van der Waals surface area contributed by atoms with Crippen LogP contribution < -0.4 is 14.2 Å². The van der Waals surface area contributed by atoms with Gasteiger partial charge in [0.2, 0.25) is 0 Å². The van der Waals surface area contributed by atoms with Gasteiger partial charge in [-0.2, -0.15) is 0 Å². The minimum atomic E-state index is -0.446. The monoisotopic (exact) mass is 330 g/mol. The van der Waals surface area contributed by atoms with Crippen LogP contribution in [0.15, 0.2) is 24.3 Å². The van der Waals surface area contributed by atoms with E-state index in [0.29, 0.717) is 33.6 Å². The summed E-state index contributed by atoms with van der Waals surface area (Å²) in [4.78, 5) is 23.2. The van der Waals surface area contributed by atoms with Crippen molar-refractivity contribution in [3.8, 4) is 17.2 Å². The highest BCUT2D eigenvalue weighted by atomic mass is 16.6. The molecule has 0 radical (unpaired) electrons. The normalized spacial score (nSPS) is 11.2. The second-order valence-electron chi connectivity index (χ2n) is 6.55. The summed E-state index contributed by atoms with van der Waals surface area (Å²) in [6.07, 6.45) is 0. The van der Waals surface area contributed by atoms with Crippen LogP contribution in [0.2, 0.25) is 0 Å². The lowest BCUT2D eigenvalue weighted by Crippen LogP contribution is -2.18. The fourth-order valence-corrected chi connectivity index (χ4v) is 2.72. The quantitative estimate of drug-likeness (QED) is 0.629. The highest BCUT2D eigenvalue weighted by Crippen LogP contribution is 2.50. The van der Waals surface area contributed by atoms with Gasteiger partial charge in [-0.3, -0.25) is 9.59 Å². The maximum absolute atomic E-state index is 11.6. The van der Waals surface area contributed by atoms with Crippen LogP contribution in [0, 0.1) is 0 Å². The van der Waals surface area contributed by atoms with Gasteiger partial charge in [0.1, 0.15) is 5.75 Å². The van der Waals surface area contributed by atoms with Gasteiger partial charge >= 0.3 is 11.9 Å². The molecule has 5 heteroatoms. The Morgan fingerprint density at radius 2 is 1.29 bits per heavy atom. The topological polar surface area (TPSA) is 61.8 Å². The molecule has 2 aromatic rings. The van der Waals surface area contributed by atoms with Crippen molar-refractivity contribution >= 4 is 22.7 Å². The van der Waals surface area contributed by atoms with Crippen molar-refractivity contribution < 1.29 is 23.8 Å². The zero-order valence-corrected chi connectivity index (χ0v) is 14.9. The van der Waals surface area contributed by atoms with Crippen LogP contribution in [0.5, 0.6) is 17.2 Å². The van der Waals surface area contributed by atoms with E-state index in [0.717, 1.165) is 0 Å². The lowest BCUT2D eigenvalue weighted by atomic mass is 9.83. The molecule has 24 heavy (non-hydrogen) atoms. The molecule has 0 aliphatic rings. The molecule has 0 heterocycles. The Hall–Kier alpha value is -2.56. The number of carbonyl (C=O) groups is 2. The van der Waals surface area contributed by atoms with E-state index < -0.39 is 17.4 Å². The Morgan fingerprint density at radius 1 is 0.833 bits per heavy atom. The standard InChI is InChI=1S/C19H22O5/c1-11(20)23-16-13-9-7-8-10-14(13)17(24-12(2)21)18(22-6)15(16)19(3,4)5/h7-10H,1-6H3. The maximum Gasteiger partial charge on any atom is 0.308 e. The molecule has 0 fully saturated rings. The maximum atomic E-state index is 11.6. The molecule has 0 amide bonds. The molecular formula is C19H22O5. The first-order valence-corrected chi connectivity index (χ1v) is 7.66. The minimum absolute atomic E-state index is 0.335. The third-order valence-electron chi connectivity index (χ3n) is 3.52. The van der Waals surface area contributed by atoms with Crippen LogP contribution in [0.3, 0.4) is 0 Å².